The number of carbonyl (C=O) groups excluding carboxylic acids is 2. The minimum atomic E-state index is -5.63. The molecule has 0 aliphatic heterocycles. The van der Waals surface area contributed by atoms with Gasteiger partial charge in [-0.05, 0) is 97.8 Å². The molecule has 0 spiro atoms. The summed E-state index contributed by atoms with van der Waals surface area (Å²) in [4.78, 5) is 25.8. The highest BCUT2D eigenvalue weighted by Crippen LogP contribution is 2.61. The molecule has 0 saturated heterocycles. The van der Waals surface area contributed by atoms with Gasteiger partial charge in [-0.3, -0.25) is 9.00 Å². The number of aliphatic hydroxyl groups excluding tert-OH is 3. The van der Waals surface area contributed by atoms with Gasteiger partial charge < -0.3 is 25.4 Å². The van der Waals surface area contributed by atoms with Crippen LogP contribution in [-0.4, -0.2) is 80.4 Å². The third-order valence-electron chi connectivity index (χ3n) is 10.9. The molecule has 2 fully saturated rings. The van der Waals surface area contributed by atoms with Crippen molar-refractivity contribution in [3.63, 3.8) is 0 Å². The van der Waals surface area contributed by atoms with E-state index >= 15 is 0 Å². The molecule has 14 heteroatoms. The number of rotatable bonds is 14. The van der Waals surface area contributed by atoms with Crippen LogP contribution in [0.5, 0.6) is 5.75 Å². The predicted octanol–water partition coefficient (Wildman–Crippen LogP) is 5.21. The Balaban J connectivity index is 1.53. The second-order valence-electron chi connectivity index (χ2n) is 13.8. The van der Waals surface area contributed by atoms with Gasteiger partial charge in [0.1, 0.15) is 17.1 Å². The number of amides is 1. The topological polar surface area (TPSA) is 133 Å². The Bertz CT molecular complexity index is 1310. The summed E-state index contributed by atoms with van der Waals surface area (Å²) in [5, 5.41) is 31.1. The first-order valence-electron chi connectivity index (χ1n) is 16.4. The lowest BCUT2D eigenvalue weighted by Crippen LogP contribution is -2.57. The van der Waals surface area contributed by atoms with Gasteiger partial charge in [-0.25, -0.2) is 4.79 Å². The normalized spacial score (nSPS) is 26.7. The highest BCUT2D eigenvalue weighted by atomic mass is 32.2. The first-order valence-corrected chi connectivity index (χ1v) is 17.8. The molecule has 0 radical (unpaired) electrons. The molecule has 266 valence electrons. The summed E-state index contributed by atoms with van der Waals surface area (Å²) in [7, 11) is -1.56. The van der Waals surface area contributed by atoms with Crippen molar-refractivity contribution in [2.75, 3.05) is 31.3 Å². The Hall–Kier alpha value is -2.16. The number of halogens is 5. The zero-order chi connectivity index (χ0) is 34.8. The molecule has 3 aliphatic carbocycles. The molecule has 1 unspecified atom stereocenters. The van der Waals surface area contributed by atoms with Crippen LogP contribution in [-0.2, 0) is 28.4 Å². The molecule has 6 atom stereocenters. The summed E-state index contributed by atoms with van der Waals surface area (Å²) in [5.41, 5.74) is 0.805. The molecule has 3 aliphatic rings. The highest BCUT2D eigenvalue weighted by molar-refractivity contribution is 7.84. The summed E-state index contributed by atoms with van der Waals surface area (Å²) < 4.78 is 82.3. The molecule has 8 nitrogen and oxygen atoms in total. The van der Waals surface area contributed by atoms with E-state index in [9.17, 15) is 51.1 Å². The lowest BCUT2D eigenvalue weighted by Gasteiger charge is -2.52. The van der Waals surface area contributed by atoms with Crippen LogP contribution in [0.1, 0.15) is 87.8 Å². The van der Waals surface area contributed by atoms with Gasteiger partial charge in [0.15, 0.2) is 0 Å². The monoisotopic (exact) mass is 695 g/mol. The first-order chi connectivity index (χ1) is 22.0. The maximum atomic E-state index is 13.3. The summed E-state index contributed by atoms with van der Waals surface area (Å²) in [6.07, 6.45) is -3.38. The van der Waals surface area contributed by atoms with Gasteiger partial charge in [0, 0.05) is 40.6 Å². The van der Waals surface area contributed by atoms with E-state index in [0.717, 1.165) is 36.0 Å². The number of carbonyl (C=O) groups is 2. The van der Waals surface area contributed by atoms with Crippen molar-refractivity contribution < 1.29 is 55.8 Å². The fourth-order valence-corrected chi connectivity index (χ4v) is 9.25. The molecule has 2 saturated carbocycles. The fourth-order valence-electron chi connectivity index (χ4n) is 8.10. The van der Waals surface area contributed by atoms with E-state index < -0.39 is 72.6 Å². The molecular weight excluding hydrogens is 649 g/mol. The smallest absolute Gasteiger partial charge is 0.410 e. The first kappa shape index (κ1) is 37.7. The minimum absolute atomic E-state index is 0.0783. The van der Waals surface area contributed by atoms with Gasteiger partial charge in [0.2, 0.25) is 0 Å². The van der Waals surface area contributed by atoms with Crippen molar-refractivity contribution in [2.24, 2.45) is 23.2 Å². The number of benzene rings is 1. The van der Waals surface area contributed by atoms with Crippen LogP contribution in [0.2, 0.25) is 0 Å². The molecule has 4 rings (SSSR count). The Morgan fingerprint density at radius 1 is 1.06 bits per heavy atom. The number of aryl methyl sites for hydroxylation is 1. The minimum Gasteiger partial charge on any atom is -0.410 e. The molecule has 47 heavy (non-hydrogen) atoms. The fraction of sp³-hybridized carbons (Fsp3) is 0.758. The largest absolute Gasteiger partial charge is 0.453 e. The average Bonchev–Trinajstić information content (AvgIpc) is 3.32. The van der Waals surface area contributed by atoms with Crippen molar-refractivity contribution in [1.82, 2.24) is 5.32 Å². The number of fused-ring (bicyclic) bond motifs is 5. The third-order valence-corrected chi connectivity index (χ3v) is 12.4. The number of ketones is 1. The molecule has 0 heterocycles. The standard InChI is InChI=1S/C33H46F5NO7S/c1-3-20-15-24-22(16-26(20)46-29(44)39-31(17-40,18-41)19-42)14-21(28-23(24)9-11-30(2)25(28)7-8-27(30)43)6-4-12-47(45)13-5-10-32(34,35)33(36,37)38/h15-16,21,23,25,28,40-42H,3-14,17-19H2,1-2H3,(H,39,44)/t21-,23-,25+,28-,30+,47?/m1/s1. The Morgan fingerprint density at radius 3 is 2.34 bits per heavy atom. The summed E-state index contributed by atoms with van der Waals surface area (Å²) in [6.45, 7) is 1.85. The lowest BCUT2D eigenvalue weighted by molar-refractivity contribution is -0.284. The number of ether oxygens (including phenoxy) is 1. The van der Waals surface area contributed by atoms with E-state index in [4.69, 9.17) is 4.74 Å². The van der Waals surface area contributed by atoms with E-state index in [0.29, 0.717) is 37.9 Å². The number of aliphatic hydroxyl groups is 3. The van der Waals surface area contributed by atoms with Gasteiger partial charge in [-0.1, -0.05) is 19.9 Å². The van der Waals surface area contributed by atoms with Crippen LogP contribution in [0.3, 0.4) is 0 Å². The second kappa shape index (κ2) is 14.8. The molecule has 0 aromatic heterocycles. The maximum Gasteiger partial charge on any atom is 0.453 e. The van der Waals surface area contributed by atoms with E-state index in [1.807, 2.05) is 13.0 Å². The molecule has 4 N–H and O–H groups in total. The number of hydrogen-bond acceptors (Lipinski definition) is 7. The van der Waals surface area contributed by atoms with Crippen LogP contribution >= 0.6 is 0 Å². The number of alkyl halides is 5. The van der Waals surface area contributed by atoms with Crippen LogP contribution in [0.4, 0.5) is 26.7 Å². The average molecular weight is 696 g/mol. The quantitative estimate of drug-likeness (QED) is 0.197. The van der Waals surface area contributed by atoms with E-state index in [2.05, 4.69) is 18.3 Å². The zero-order valence-electron chi connectivity index (χ0n) is 26.8. The van der Waals surface area contributed by atoms with Crippen molar-refractivity contribution in [1.29, 1.82) is 0 Å². The molecular formula is C33H46F5NO7S. The molecule has 0 bridgehead atoms. The van der Waals surface area contributed by atoms with Crippen molar-refractivity contribution >= 4 is 22.7 Å². The van der Waals surface area contributed by atoms with Crippen LogP contribution in [0, 0.1) is 23.2 Å². The van der Waals surface area contributed by atoms with Crippen molar-refractivity contribution in [3.8, 4) is 5.75 Å². The van der Waals surface area contributed by atoms with E-state index in [1.54, 1.807) is 0 Å². The highest BCUT2D eigenvalue weighted by Gasteiger charge is 2.57. The zero-order valence-corrected chi connectivity index (χ0v) is 27.7. The third kappa shape index (κ3) is 7.86. The Morgan fingerprint density at radius 2 is 1.72 bits per heavy atom. The molecule has 1 aromatic carbocycles. The van der Waals surface area contributed by atoms with E-state index in [-0.39, 0.29) is 41.0 Å². The molecule has 1 amide bonds. The number of hydrogen-bond donors (Lipinski definition) is 4. The Kier molecular flexibility index (Phi) is 11.8. The van der Waals surface area contributed by atoms with E-state index in [1.165, 1.54) is 0 Å². The Labute approximate surface area is 274 Å². The number of nitrogens with one attached hydrogen (secondary N) is 1. The van der Waals surface area contributed by atoms with Crippen molar-refractivity contribution in [3.05, 3.63) is 28.8 Å². The SMILES string of the molecule is CCc1cc2c(cc1OC(=O)NC(CO)(CO)CO)C[C@@H](CCCS(=O)CCCC(F)(F)C(F)(F)F)[C@@H]1[C@@H]2CC[C@]2(C)C(=O)CC[C@@H]12. The van der Waals surface area contributed by atoms with Crippen LogP contribution < -0.4 is 10.1 Å². The lowest BCUT2D eigenvalue weighted by atomic mass is 9.52. The van der Waals surface area contributed by atoms with Gasteiger partial charge >= 0.3 is 18.2 Å². The summed E-state index contributed by atoms with van der Waals surface area (Å²) in [5.74, 6) is -3.75. The van der Waals surface area contributed by atoms with Gasteiger partial charge in [-0.2, -0.15) is 22.0 Å². The van der Waals surface area contributed by atoms with Gasteiger partial charge in [0.25, 0.3) is 0 Å². The van der Waals surface area contributed by atoms with Gasteiger partial charge in [0.05, 0.1) is 19.8 Å². The van der Waals surface area contributed by atoms with Crippen molar-refractivity contribution in [2.45, 2.75) is 102 Å². The number of Topliss-reactive ketones (excluding diaryl/α,β-unsaturated/α-hetero) is 1. The second-order valence-corrected chi connectivity index (χ2v) is 15.4. The predicted molar refractivity (Wildman–Crippen MR) is 165 cm³/mol. The summed E-state index contributed by atoms with van der Waals surface area (Å²) >= 11 is 0. The van der Waals surface area contributed by atoms with Crippen LogP contribution in [0.15, 0.2) is 12.1 Å². The van der Waals surface area contributed by atoms with Gasteiger partial charge in [-0.15, -0.1) is 0 Å². The molecule has 1 aromatic rings. The maximum absolute atomic E-state index is 13.3. The summed E-state index contributed by atoms with van der Waals surface area (Å²) in [6, 6.07) is 3.87. The van der Waals surface area contributed by atoms with Crippen LogP contribution in [0.25, 0.3) is 0 Å².